The van der Waals surface area contributed by atoms with E-state index in [1.807, 2.05) is 0 Å². The molecule has 0 aromatic heterocycles. The van der Waals surface area contributed by atoms with Crippen LogP contribution in [0.3, 0.4) is 0 Å². The highest BCUT2D eigenvalue weighted by Crippen LogP contribution is 2.43. The van der Waals surface area contributed by atoms with Crippen LogP contribution in [-0.2, 0) is 0 Å². The van der Waals surface area contributed by atoms with E-state index in [0.717, 1.165) is 12.5 Å². The molecular weight excluding hydrogens is 246 g/mol. The molecular formula is C17H35N3. The van der Waals surface area contributed by atoms with Crippen molar-refractivity contribution in [2.75, 3.05) is 39.8 Å². The summed E-state index contributed by atoms with van der Waals surface area (Å²) in [6, 6.07) is 0. The lowest BCUT2D eigenvalue weighted by Gasteiger charge is -2.49. The van der Waals surface area contributed by atoms with Gasteiger partial charge in [-0.25, -0.2) is 0 Å². The predicted molar refractivity (Wildman–Crippen MR) is 86.9 cm³/mol. The first-order valence-corrected chi connectivity index (χ1v) is 8.51. The molecule has 0 amide bonds. The lowest BCUT2D eigenvalue weighted by atomic mass is 9.66. The molecule has 0 spiro atoms. The summed E-state index contributed by atoms with van der Waals surface area (Å²) in [7, 11) is 2.25. The highest BCUT2D eigenvalue weighted by atomic mass is 15.3. The molecule has 0 aromatic carbocycles. The van der Waals surface area contributed by atoms with Gasteiger partial charge in [-0.1, -0.05) is 20.8 Å². The zero-order chi connectivity index (χ0) is 14.8. The Labute approximate surface area is 125 Å². The van der Waals surface area contributed by atoms with Crippen molar-refractivity contribution in [2.24, 2.45) is 17.1 Å². The largest absolute Gasteiger partial charge is 0.329 e. The van der Waals surface area contributed by atoms with E-state index in [4.69, 9.17) is 5.73 Å². The van der Waals surface area contributed by atoms with Crippen molar-refractivity contribution in [1.29, 1.82) is 0 Å². The summed E-state index contributed by atoms with van der Waals surface area (Å²) in [4.78, 5) is 5.19. The van der Waals surface area contributed by atoms with E-state index in [0.29, 0.717) is 11.0 Å². The van der Waals surface area contributed by atoms with Crippen molar-refractivity contribution in [1.82, 2.24) is 9.80 Å². The number of nitrogens with zero attached hydrogens (tertiary/aromatic N) is 2. The first-order valence-electron chi connectivity index (χ1n) is 8.51. The Kier molecular flexibility index (Phi) is 5.14. The minimum Gasteiger partial charge on any atom is -0.329 e. The first-order chi connectivity index (χ1) is 9.37. The van der Waals surface area contributed by atoms with Crippen LogP contribution in [0.25, 0.3) is 0 Å². The van der Waals surface area contributed by atoms with Crippen LogP contribution in [-0.4, -0.2) is 55.1 Å². The molecule has 1 saturated heterocycles. The van der Waals surface area contributed by atoms with E-state index in [9.17, 15) is 0 Å². The molecule has 3 heteroatoms. The van der Waals surface area contributed by atoms with Crippen molar-refractivity contribution >= 4 is 0 Å². The van der Waals surface area contributed by atoms with Crippen LogP contribution >= 0.6 is 0 Å². The van der Waals surface area contributed by atoms with Gasteiger partial charge in [0.1, 0.15) is 0 Å². The van der Waals surface area contributed by atoms with Gasteiger partial charge in [0.25, 0.3) is 0 Å². The molecule has 0 bridgehead atoms. The van der Waals surface area contributed by atoms with Gasteiger partial charge in [0.05, 0.1) is 0 Å². The number of rotatable bonds is 2. The Balaban J connectivity index is 2.01. The molecule has 3 nitrogen and oxygen atoms in total. The molecule has 0 unspecified atom stereocenters. The molecule has 0 aromatic rings. The van der Waals surface area contributed by atoms with Gasteiger partial charge in [-0.3, -0.25) is 4.90 Å². The summed E-state index contributed by atoms with van der Waals surface area (Å²) >= 11 is 0. The van der Waals surface area contributed by atoms with E-state index in [2.05, 4.69) is 37.6 Å². The predicted octanol–water partition coefficient (Wildman–Crippen LogP) is 2.56. The number of hydrogen-bond acceptors (Lipinski definition) is 3. The third-order valence-corrected chi connectivity index (χ3v) is 5.91. The van der Waals surface area contributed by atoms with E-state index in [-0.39, 0.29) is 0 Å². The van der Waals surface area contributed by atoms with Crippen molar-refractivity contribution in [3.8, 4) is 0 Å². The Morgan fingerprint density at radius 3 is 2.25 bits per heavy atom. The molecule has 20 heavy (non-hydrogen) atoms. The summed E-state index contributed by atoms with van der Waals surface area (Å²) in [5.74, 6) is 0.872. The Hall–Kier alpha value is -0.120. The third-order valence-electron chi connectivity index (χ3n) is 5.91. The highest BCUT2D eigenvalue weighted by molar-refractivity contribution is 4.98. The van der Waals surface area contributed by atoms with Crippen LogP contribution in [0, 0.1) is 11.3 Å². The Bertz CT molecular complexity index is 300. The average Bonchev–Trinajstić information content (AvgIpc) is 2.63. The maximum Gasteiger partial charge on any atom is 0.0332 e. The van der Waals surface area contributed by atoms with Crippen molar-refractivity contribution in [3.05, 3.63) is 0 Å². The maximum absolute atomic E-state index is 6.25. The van der Waals surface area contributed by atoms with Gasteiger partial charge >= 0.3 is 0 Å². The van der Waals surface area contributed by atoms with Gasteiger partial charge in [0.15, 0.2) is 0 Å². The van der Waals surface area contributed by atoms with Crippen molar-refractivity contribution in [3.63, 3.8) is 0 Å². The summed E-state index contributed by atoms with van der Waals surface area (Å²) < 4.78 is 0. The Morgan fingerprint density at radius 2 is 1.70 bits per heavy atom. The molecule has 2 fully saturated rings. The second-order valence-electron chi connectivity index (χ2n) is 8.21. The maximum atomic E-state index is 6.25. The number of likely N-dealkylation sites (N-methyl/N-ethyl adjacent to an activating group) is 1. The molecule has 1 heterocycles. The minimum atomic E-state index is 0.299. The van der Waals surface area contributed by atoms with E-state index < -0.39 is 0 Å². The van der Waals surface area contributed by atoms with Crippen molar-refractivity contribution in [2.45, 2.75) is 58.4 Å². The summed E-state index contributed by atoms with van der Waals surface area (Å²) in [5.41, 5.74) is 7.01. The van der Waals surface area contributed by atoms with Gasteiger partial charge in [0, 0.05) is 31.7 Å². The second kappa shape index (κ2) is 6.33. The average molecular weight is 281 g/mol. The molecule has 1 saturated carbocycles. The first kappa shape index (κ1) is 16.3. The van der Waals surface area contributed by atoms with E-state index >= 15 is 0 Å². The topological polar surface area (TPSA) is 32.5 Å². The minimum absolute atomic E-state index is 0.299. The van der Waals surface area contributed by atoms with Crippen LogP contribution in [0.1, 0.15) is 52.9 Å². The fourth-order valence-electron chi connectivity index (χ4n) is 4.19. The molecule has 2 N–H and O–H groups in total. The fraction of sp³-hybridized carbons (Fsp3) is 1.00. The van der Waals surface area contributed by atoms with Crippen molar-refractivity contribution < 1.29 is 0 Å². The molecule has 118 valence electrons. The van der Waals surface area contributed by atoms with Crippen LogP contribution < -0.4 is 5.73 Å². The van der Waals surface area contributed by atoms with Crippen LogP contribution in [0.15, 0.2) is 0 Å². The Morgan fingerprint density at radius 1 is 1.05 bits per heavy atom. The molecule has 1 aliphatic heterocycles. The van der Waals surface area contributed by atoms with E-state index in [1.54, 1.807) is 0 Å². The van der Waals surface area contributed by atoms with E-state index in [1.165, 1.54) is 58.3 Å². The molecule has 2 aliphatic rings. The SMILES string of the molecule is CN1CCCN(C2(CN)CCC(C(C)(C)C)CC2)CC1. The zero-order valence-electron chi connectivity index (χ0n) is 14.1. The lowest BCUT2D eigenvalue weighted by Crippen LogP contribution is -2.57. The van der Waals surface area contributed by atoms with Crippen LogP contribution in [0.5, 0.6) is 0 Å². The van der Waals surface area contributed by atoms with Gasteiger partial charge in [0.2, 0.25) is 0 Å². The van der Waals surface area contributed by atoms with Crippen LogP contribution in [0.4, 0.5) is 0 Å². The summed E-state index contributed by atoms with van der Waals surface area (Å²) in [6.45, 7) is 12.9. The fourth-order valence-corrected chi connectivity index (χ4v) is 4.19. The van der Waals surface area contributed by atoms with Gasteiger partial charge in [-0.05, 0) is 57.0 Å². The lowest BCUT2D eigenvalue weighted by molar-refractivity contribution is 0.0238. The molecule has 0 atom stereocenters. The molecule has 2 rings (SSSR count). The zero-order valence-corrected chi connectivity index (χ0v) is 14.1. The smallest absolute Gasteiger partial charge is 0.0332 e. The molecule has 1 aliphatic carbocycles. The van der Waals surface area contributed by atoms with Gasteiger partial charge in [-0.15, -0.1) is 0 Å². The standard InChI is InChI=1S/C17H35N3/c1-16(2,3)15-6-8-17(14-18,9-7-15)20-11-5-10-19(4)12-13-20/h15H,5-14,18H2,1-4H3. The van der Waals surface area contributed by atoms with Gasteiger partial charge in [-0.2, -0.15) is 0 Å². The quantitative estimate of drug-likeness (QED) is 0.844. The van der Waals surface area contributed by atoms with Crippen LogP contribution in [0.2, 0.25) is 0 Å². The van der Waals surface area contributed by atoms with Gasteiger partial charge < -0.3 is 10.6 Å². The normalized spacial score (nSPS) is 35.0. The summed E-state index contributed by atoms with van der Waals surface area (Å²) in [5, 5.41) is 0. The number of nitrogens with two attached hydrogens (primary N) is 1. The summed E-state index contributed by atoms with van der Waals surface area (Å²) in [6.07, 6.45) is 6.60. The third kappa shape index (κ3) is 3.55. The molecule has 0 radical (unpaired) electrons. The highest BCUT2D eigenvalue weighted by Gasteiger charge is 2.41. The number of hydrogen-bond donors (Lipinski definition) is 1. The second-order valence-corrected chi connectivity index (χ2v) is 8.21. The monoisotopic (exact) mass is 281 g/mol.